The van der Waals surface area contributed by atoms with Gasteiger partial charge in [-0.25, -0.2) is 13.4 Å². The van der Waals surface area contributed by atoms with Crippen LogP contribution in [-0.4, -0.2) is 43.4 Å². The summed E-state index contributed by atoms with van der Waals surface area (Å²) in [7, 11) is -2.93. The fourth-order valence-corrected chi connectivity index (χ4v) is 2.41. The Kier molecular flexibility index (Phi) is 5.55. The molecule has 0 aliphatic rings. The second kappa shape index (κ2) is 6.49. The molecule has 0 spiro atoms. The molecule has 1 rings (SSSR count). The second-order valence-electron chi connectivity index (χ2n) is 4.18. The molecule has 1 aromatic rings. The Balaban J connectivity index is 2.68. The summed E-state index contributed by atoms with van der Waals surface area (Å²) in [6.45, 7) is 3.87. The third kappa shape index (κ3) is 5.32. The van der Waals surface area contributed by atoms with E-state index in [0.29, 0.717) is 23.5 Å². The zero-order chi connectivity index (χ0) is 13.8. The highest BCUT2D eigenvalue weighted by atomic mass is 79.9. The molecule has 2 N–H and O–H groups in total. The number of hydrogen-bond donors (Lipinski definition) is 1. The number of aromatic nitrogens is 1. The van der Waals surface area contributed by atoms with Crippen LogP contribution in [0.1, 0.15) is 12.5 Å². The molecule has 5 nitrogen and oxygen atoms in total. The van der Waals surface area contributed by atoms with Crippen molar-refractivity contribution in [3.8, 4) is 0 Å². The summed E-state index contributed by atoms with van der Waals surface area (Å²) in [6.07, 6.45) is 1.25. The molecule has 0 amide bonds. The Labute approximate surface area is 116 Å². The number of hydrogen-bond acceptors (Lipinski definition) is 5. The first-order chi connectivity index (χ1) is 8.31. The molecule has 1 heterocycles. The van der Waals surface area contributed by atoms with Crippen LogP contribution in [0.5, 0.6) is 0 Å². The Morgan fingerprint density at radius 2 is 2.11 bits per heavy atom. The largest absolute Gasteiger partial charge is 0.383 e. The molecule has 0 bridgehead atoms. The van der Waals surface area contributed by atoms with Gasteiger partial charge in [0.15, 0.2) is 0 Å². The van der Waals surface area contributed by atoms with E-state index in [0.717, 1.165) is 12.1 Å². The number of nitrogens with zero attached hydrogens (tertiary/aromatic N) is 2. The maximum atomic E-state index is 11.1. The number of nitrogens with two attached hydrogens (primary N) is 1. The predicted octanol–water partition coefficient (Wildman–Crippen LogP) is 1.29. The van der Waals surface area contributed by atoms with Crippen LogP contribution >= 0.6 is 15.9 Å². The molecule has 0 aliphatic carbocycles. The molecule has 0 fully saturated rings. The topological polar surface area (TPSA) is 76.3 Å². The quantitative estimate of drug-likeness (QED) is 0.793. The fourth-order valence-electron chi connectivity index (χ4n) is 1.50. The van der Waals surface area contributed by atoms with Crippen molar-refractivity contribution in [2.24, 2.45) is 0 Å². The Morgan fingerprint density at radius 1 is 1.44 bits per heavy atom. The van der Waals surface area contributed by atoms with E-state index in [9.17, 15) is 8.42 Å². The van der Waals surface area contributed by atoms with Crippen molar-refractivity contribution in [1.29, 1.82) is 0 Å². The first-order valence-electron chi connectivity index (χ1n) is 5.63. The monoisotopic (exact) mass is 335 g/mol. The molecule has 7 heteroatoms. The van der Waals surface area contributed by atoms with Gasteiger partial charge in [0.05, 0.1) is 5.75 Å². The van der Waals surface area contributed by atoms with E-state index in [1.54, 1.807) is 0 Å². The molecule has 18 heavy (non-hydrogen) atoms. The first-order valence-corrected chi connectivity index (χ1v) is 8.48. The summed E-state index contributed by atoms with van der Waals surface area (Å²) in [6, 6.07) is 3.73. The van der Waals surface area contributed by atoms with Gasteiger partial charge in [0, 0.05) is 24.9 Å². The molecule has 0 aromatic carbocycles. The van der Waals surface area contributed by atoms with Crippen LogP contribution in [-0.2, 0) is 16.4 Å². The van der Waals surface area contributed by atoms with Crippen LogP contribution in [0.4, 0.5) is 5.82 Å². The first kappa shape index (κ1) is 15.4. The van der Waals surface area contributed by atoms with Gasteiger partial charge in [-0.15, -0.1) is 0 Å². The standard InChI is InChI=1S/C11H18BrN3O2S/c1-3-15(6-7-18(2,16)17)8-9-4-5-10(12)14-11(9)13/h4-5H,3,6-8H2,1-2H3,(H2,13,14). The van der Waals surface area contributed by atoms with Crippen LogP contribution < -0.4 is 5.73 Å². The Bertz CT molecular complexity index is 505. The van der Waals surface area contributed by atoms with Crippen molar-refractivity contribution in [2.75, 3.05) is 30.8 Å². The highest BCUT2D eigenvalue weighted by Crippen LogP contribution is 2.15. The lowest BCUT2D eigenvalue weighted by atomic mass is 10.2. The summed E-state index contributed by atoms with van der Waals surface area (Å²) in [5, 5.41) is 0. The molecule has 0 radical (unpaired) electrons. The molecular weight excluding hydrogens is 318 g/mol. The smallest absolute Gasteiger partial charge is 0.148 e. The number of pyridine rings is 1. The molecular formula is C11H18BrN3O2S. The SMILES string of the molecule is CCN(CCS(C)(=O)=O)Cc1ccc(Br)nc1N. The lowest BCUT2D eigenvalue weighted by Gasteiger charge is -2.20. The third-order valence-corrected chi connectivity index (χ3v) is 3.96. The zero-order valence-electron chi connectivity index (χ0n) is 10.6. The van der Waals surface area contributed by atoms with Crippen molar-refractivity contribution < 1.29 is 8.42 Å². The minimum atomic E-state index is -2.93. The van der Waals surface area contributed by atoms with Gasteiger partial charge in [0.2, 0.25) is 0 Å². The van der Waals surface area contributed by atoms with Crippen LogP contribution in [0.25, 0.3) is 0 Å². The summed E-state index contributed by atoms with van der Waals surface area (Å²) in [5.74, 6) is 0.632. The van der Waals surface area contributed by atoms with Crippen LogP contribution in [0, 0.1) is 0 Å². The van der Waals surface area contributed by atoms with Gasteiger partial charge < -0.3 is 5.73 Å². The number of anilines is 1. The fraction of sp³-hybridized carbons (Fsp3) is 0.545. The Morgan fingerprint density at radius 3 is 2.61 bits per heavy atom. The molecule has 102 valence electrons. The van der Waals surface area contributed by atoms with Gasteiger partial charge in [0.25, 0.3) is 0 Å². The lowest BCUT2D eigenvalue weighted by Crippen LogP contribution is -2.29. The molecule has 1 aromatic heterocycles. The lowest BCUT2D eigenvalue weighted by molar-refractivity contribution is 0.297. The molecule has 0 saturated carbocycles. The summed E-state index contributed by atoms with van der Waals surface area (Å²) in [5.41, 5.74) is 6.73. The summed E-state index contributed by atoms with van der Waals surface area (Å²) < 4.78 is 23.0. The van der Waals surface area contributed by atoms with Crippen molar-refractivity contribution >= 4 is 31.6 Å². The van der Waals surface area contributed by atoms with Crippen LogP contribution in [0.2, 0.25) is 0 Å². The average Bonchev–Trinajstić information content (AvgIpc) is 2.25. The van der Waals surface area contributed by atoms with E-state index in [-0.39, 0.29) is 5.75 Å². The van der Waals surface area contributed by atoms with Crippen molar-refractivity contribution in [1.82, 2.24) is 9.88 Å². The maximum Gasteiger partial charge on any atom is 0.148 e. The van der Waals surface area contributed by atoms with Gasteiger partial charge >= 0.3 is 0 Å². The molecule has 0 atom stereocenters. The van der Waals surface area contributed by atoms with Gasteiger partial charge in [-0.3, -0.25) is 4.90 Å². The third-order valence-electron chi connectivity index (χ3n) is 2.60. The van der Waals surface area contributed by atoms with E-state index in [1.165, 1.54) is 6.26 Å². The van der Waals surface area contributed by atoms with E-state index in [4.69, 9.17) is 5.73 Å². The van der Waals surface area contributed by atoms with Crippen molar-refractivity contribution in [2.45, 2.75) is 13.5 Å². The number of halogens is 1. The molecule has 0 unspecified atom stereocenters. The maximum absolute atomic E-state index is 11.1. The normalized spacial score (nSPS) is 12.0. The highest BCUT2D eigenvalue weighted by Gasteiger charge is 2.10. The van der Waals surface area contributed by atoms with E-state index in [1.807, 2.05) is 24.0 Å². The number of nitrogen functional groups attached to an aromatic ring is 1. The van der Waals surface area contributed by atoms with Gasteiger partial charge in [0.1, 0.15) is 20.3 Å². The van der Waals surface area contributed by atoms with Crippen molar-refractivity contribution in [3.63, 3.8) is 0 Å². The zero-order valence-corrected chi connectivity index (χ0v) is 13.0. The summed E-state index contributed by atoms with van der Waals surface area (Å²) in [4.78, 5) is 6.15. The minimum absolute atomic E-state index is 0.157. The number of sulfone groups is 1. The van der Waals surface area contributed by atoms with Gasteiger partial charge in [-0.05, 0) is 28.5 Å². The molecule has 0 aliphatic heterocycles. The predicted molar refractivity (Wildman–Crippen MR) is 77.0 cm³/mol. The van der Waals surface area contributed by atoms with Gasteiger partial charge in [-0.1, -0.05) is 13.0 Å². The minimum Gasteiger partial charge on any atom is -0.383 e. The summed E-state index contributed by atoms with van der Waals surface area (Å²) >= 11 is 3.25. The second-order valence-corrected chi connectivity index (χ2v) is 7.25. The average molecular weight is 336 g/mol. The van der Waals surface area contributed by atoms with Crippen LogP contribution in [0.3, 0.4) is 0 Å². The van der Waals surface area contributed by atoms with Gasteiger partial charge in [-0.2, -0.15) is 0 Å². The number of rotatable bonds is 6. The Hall–Kier alpha value is -0.660. The van der Waals surface area contributed by atoms with E-state index in [2.05, 4.69) is 20.9 Å². The highest BCUT2D eigenvalue weighted by molar-refractivity contribution is 9.10. The molecule has 0 saturated heterocycles. The van der Waals surface area contributed by atoms with E-state index < -0.39 is 9.84 Å². The van der Waals surface area contributed by atoms with E-state index >= 15 is 0 Å². The van der Waals surface area contributed by atoms with Crippen LogP contribution in [0.15, 0.2) is 16.7 Å². The van der Waals surface area contributed by atoms with Crippen molar-refractivity contribution in [3.05, 3.63) is 22.3 Å².